The number of guanidine groups is 1. The molecule has 24 heavy (non-hydrogen) atoms. The quantitative estimate of drug-likeness (QED) is 0.522. The average molecular weight is 374 g/mol. The molecule has 0 amide bonds. The van der Waals surface area contributed by atoms with Crippen molar-refractivity contribution < 1.29 is 8.42 Å². The molecule has 9 heteroatoms. The predicted octanol–water partition coefficient (Wildman–Crippen LogP) is 0.143. The van der Waals surface area contributed by atoms with Gasteiger partial charge >= 0.3 is 0 Å². The Kier molecular flexibility index (Phi) is 7.44. The van der Waals surface area contributed by atoms with E-state index in [-0.39, 0.29) is 11.5 Å². The fourth-order valence-electron chi connectivity index (χ4n) is 2.44. The first-order chi connectivity index (χ1) is 11.5. The molecule has 0 aliphatic carbocycles. The van der Waals surface area contributed by atoms with E-state index in [1.165, 1.54) is 4.88 Å². The Hall–Kier alpha value is -1.19. The predicted molar refractivity (Wildman–Crippen MR) is 99.7 cm³/mol. The third-order valence-corrected chi connectivity index (χ3v) is 6.77. The van der Waals surface area contributed by atoms with Crippen LogP contribution in [0.15, 0.2) is 11.2 Å². The number of sulfone groups is 1. The first kappa shape index (κ1) is 19.1. The van der Waals surface area contributed by atoms with E-state index in [4.69, 9.17) is 0 Å². The Morgan fingerprint density at radius 3 is 2.67 bits per heavy atom. The van der Waals surface area contributed by atoms with Crippen molar-refractivity contribution in [1.82, 2.24) is 20.5 Å². The van der Waals surface area contributed by atoms with Crippen molar-refractivity contribution in [2.75, 3.05) is 51.3 Å². The van der Waals surface area contributed by atoms with Gasteiger partial charge in [0.15, 0.2) is 15.8 Å². The van der Waals surface area contributed by atoms with Crippen LogP contribution in [0, 0.1) is 0 Å². The minimum Gasteiger partial charge on any atom is -0.356 e. The van der Waals surface area contributed by atoms with Gasteiger partial charge in [-0.3, -0.25) is 9.89 Å². The molecule has 0 unspecified atom stereocenters. The Morgan fingerprint density at radius 1 is 1.33 bits per heavy atom. The third-order valence-electron chi connectivity index (χ3n) is 3.96. The lowest BCUT2D eigenvalue weighted by molar-refractivity contribution is 0.299. The van der Waals surface area contributed by atoms with Crippen molar-refractivity contribution in [3.8, 4) is 0 Å². The largest absolute Gasteiger partial charge is 0.356 e. The van der Waals surface area contributed by atoms with E-state index in [0.717, 1.165) is 43.4 Å². The molecule has 136 valence electrons. The number of hydrogen-bond donors (Lipinski definition) is 2. The second-order valence-corrected chi connectivity index (χ2v) is 9.25. The van der Waals surface area contributed by atoms with E-state index in [0.29, 0.717) is 13.1 Å². The zero-order valence-electron chi connectivity index (χ0n) is 14.4. The topological polar surface area (TPSA) is 86.7 Å². The molecule has 2 heterocycles. The van der Waals surface area contributed by atoms with Crippen molar-refractivity contribution in [2.45, 2.75) is 19.8 Å². The number of hydrogen-bond acceptors (Lipinski definition) is 6. The van der Waals surface area contributed by atoms with E-state index < -0.39 is 9.84 Å². The van der Waals surface area contributed by atoms with Crippen molar-refractivity contribution in [3.63, 3.8) is 0 Å². The first-order valence-corrected chi connectivity index (χ1v) is 11.0. The van der Waals surface area contributed by atoms with Crippen molar-refractivity contribution >= 4 is 27.1 Å². The number of nitrogens with zero attached hydrogens (tertiary/aromatic N) is 3. The van der Waals surface area contributed by atoms with Gasteiger partial charge in [0.25, 0.3) is 0 Å². The third kappa shape index (κ3) is 6.37. The second-order valence-electron chi connectivity index (χ2n) is 5.74. The first-order valence-electron chi connectivity index (χ1n) is 8.33. The summed E-state index contributed by atoms with van der Waals surface area (Å²) in [5.74, 6) is 1.31. The van der Waals surface area contributed by atoms with Crippen molar-refractivity contribution in [2.24, 2.45) is 4.99 Å². The minimum atomic E-state index is -2.80. The molecule has 2 N–H and O–H groups in total. The Balaban J connectivity index is 1.62. The second kappa shape index (κ2) is 9.33. The molecule has 0 atom stereocenters. The molecule has 1 fully saturated rings. The summed E-state index contributed by atoms with van der Waals surface area (Å²) in [4.78, 5) is 12.1. The summed E-state index contributed by atoms with van der Waals surface area (Å²) in [6, 6.07) is 0. The highest BCUT2D eigenvalue weighted by Crippen LogP contribution is 2.13. The summed E-state index contributed by atoms with van der Waals surface area (Å²) in [6.07, 6.45) is 3.87. The summed E-state index contributed by atoms with van der Waals surface area (Å²) in [5.41, 5.74) is 0. The number of nitrogens with one attached hydrogen (secondary N) is 2. The molecule has 2 rings (SSSR count). The highest BCUT2D eigenvalue weighted by molar-refractivity contribution is 7.91. The number of rotatable bonds is 7. The lowest BCUT2D eigenvalue weighted by Gasteiger charge is -2.26. The Bertz CT molecular complexity index is 628. The summed E-state index contributed by atoms with van der Waals surface area (Å²) in [6.45, 7) is 5.75. The number of aliphatic imine (C=N–C) groups is 1. The van der Waals surface area contributed by atoms with Gasteiger partial charge in [0.1, 0.15) is 0 Å². The van der Waals surface area contributed by atoms with Crippen LogP contribution in [0.4, 0.5) is 0 Å². The van der Waals surface area contributed by atoms with Gasteiger partial charge in [-0.05, 0) is 6.42 Å². The van der Waals surface area contributed by atoms with E-state index >= 15 is 0 Å². The van der Waals surface area contributed by atoms with Crippen LogP contribution in [-0.2, 0) is 22.7 Å². The average Bonchev–Trinajstić information content (AvgIpc) is 3.03. The lowest BCUT2D eigenvalue weighted by atomic mass is 10.4. The molecular formula is C15H27N5O2S2. The van der Waals surface area contributed by atoms with Gasteiger partial charge in [-0.25, -0.2) is 13.4 Å². The fourth-order valence-corrected chi connectivity index (χ4v) is 4.58. The van der Waals surface area contributed by atoms with E-state index in [9.17, 15) is 8.42 Å². The number of thiazole rings is 1. The summed E-state index contributed by atoms with van der Waals surface area (Å²) in [5, 5.41) is 7.70. The fraction of sp³-hybridized carbons (Fsp3) is 0.733. The molecule has 0 radical (unpaired) electrons. The molecule has 1 aliphatic rings. The minimum absolute atomic E-state index is 0.271. The van der Waals surface area contributed by atoms with Gasteiger partial charge in [0.05, 0.1) is 16.5 Å². The van der Waals surface area contributed by atoms with Gasteiger partial charge in [0.2, 0.25) is 0 Å². The van der Waals surface area contributed by atoms with Gasteiger partial charge < -0.3 is 10.6 Å². The molecule has 1 saturated heterocycles. The number of aromatic nitrogens is 1. The highest BCUT2D eigenvalue weighted by atomic mass is 32.2. The zero-order valence-corrected chi connectivity index (χ0v) is 16.0. The van der Waals surface area contributed by atoms with Crippen LogP contribution >= 0.6 is 11.3 Å². The molecule has 7 nitrogen and oxygen atoms in total. The van der Waals surface area contributed by atoms with Gasteiger partial charge in [0, 0.05) is 57.3 Å². The van der Waals surface area contributed by atoms with E-state index in [1.54, 1.807) is 18.4 Å². The zero-order chi connectivity index (χ0) is 17.4. The highest BCUT2D eigenvalue weighted by Gasteiger charge is 2.20. The standard InChI is InChI=1S/C15H27N5O2S2/c1-3-13-12-19-14(23-13)4-5-17-15(16-2)18-6-7-20-8-10-24(21,22)11-9-20/h12H,3-11H2,1-2H3,(H2,16,17,18). The maximum Gasteiger partial charge on any atom is 0.191 e. The summed E-state index contributed by atoms with van der Waals surface area (Å²) < 4.78 is 22.8. The molecule has 0 bridgehead atoms. The van der Waals surface area contributed by atoms with Crippen molar-refractivity contribution in [3.05, 3.63) is 16.1 Å². The van der Waals surface area contributed by atoms with Gasteiger partial charge in [-0.2, -0.15) is 0 Å². The smallest absolute Gasteiger partial charge is 0.191 e. The van der Waals surface area contributed by atoms with Crippen LogP contribution in [0.2, 0.25) is 0 Å². The molecule has 1 aromatic heterocycles. The summed E-state index contributed by atoms with van der Waals surface area (Å²) in [7, 11) is -1.05. The van der Waals surface area contributed by atoms with E-state index in [1.807, 2.05) is 6.20 Å². The van der Waals surface area contributed by atoms with Gasteiger partial charge in [-0.1, -0.05) is 6.92 Å². The van der Waals surface area contributed by atoms with Crippen molar-refractivity contribution in [1.29, 1.82) is 0 Å². The molecule has 0 aromatic carbocycles. The normalized spacial score (nSPS) is 18.5. The molecule has 0 spiro atoms. The Morgan fingerprint density at radius 2 is 2.04 bits per heavy atom. The molecule has 1 aliphatic heterocycles. The Labute approximate surface area is 148 Å². The SMILES string of the molecule is CCc1cnc(CCNC(=NC)NCCN2CCS(=O)(=O)CC2)s1. The van der Waals surface area contributed by atoms with Crippen LogP contribution in [0.25, 0.3) is 0 Å². The van der Waals surface area contributed by atoms with Crippen LogP contribution in [0.3, 0.4) is 0 Å². The number of aryl methyl sites for hydroxylation is 1. The monoisotopic (exact) mass is 373 g/mol. The molecule has 0 saturated carbocycles. The maximum atomic E-state index is 11.4. The van der Waals surface area contributed by atoms with E-state index in [2.05, 4.69) is 32.4 Å². The molecular weight excluding hydrogens is 346 g/mol. The maximum absolute atomic E-state index is 11.4. The van der Waals surface area contributed by atoms with Crippen LogP contribution in [0.1, 0.15) is 16.8 Å². The van der Waals surface area contributed by atoms with Gasteiger partial charge in [-0.15, -0.1) is 11.3 Å². The summed E-state index contributed by atoms with van der Waals surface area (Å²) >= 11 is 1.76. The lowest BCUT2D eigenvalue weighted by Crippen LogP contribution is -2.46. The van der Waals surface area contributed by atoms with Crippen LogP contribution in [-0.4, -0.2) is 75.5 Å². The van der Waals surface area contributed by atoms with Crippen LogP contribution in [0.5, 0.6) is 0 Å². The van der Waals surface area contributed by atoms with Crippen LogP contribution < -0.4 is 10.6 Å². The molecule has 1 aromatic rings.